The predicted octanol–water partition coefficient (Wildman–Crippen LogP) is 5.04. The van der Waals surface area contributed by atoms with E-state index in [0.717, 1.165) is 5.56 Å². The standard InChI is InChI=1S/C17H13Cl2FO/c18-10-4-3-5-13-8-9-16(20)17(11-13)21-12-14-6-1-2-7-15(14)19/h1-2,6-9,11H,4,10,12H2. The summed E-state index contributed by atoms with van der Waals surface area (Å²) in [6.45, 7) is 0.204. The Kier molecular flexibility index (Phi) is 5.92. The molecule has 0 fully saturated rings. The van der Waals surface area contributed by atoms with Crippen molar-refractivity contribution >= 4 is 23.2 Å². The Morgan fingerprint density at radius 3 is 2.71 bits per heavy atom. The predicted molar refractivity (Wildman–Crippen MR) is 84.4 cm³/mol. The lowest BCUT2D eigenvalue weighted by Gasteiger charge is -2.09. The summed E-state index contributed by atoms with van der Waals surface area (Å²) in [4.78, 5) is 0. The second kappa shape index (κ2) is 7.93. The number of hydrogen-bond donors (Lipinski definition) is 0. The van der Waals surface area contributed by atoms with E-state index < -0.39 is 5.82 Å². The fraction of sp³-hybridized carbons (Fsp3) is 0.176. The second-order valence-corrected chi connectivity index (χ2v) is 5.05. The van der Waals surface area contributed by atoms with E-state index in [4.69, 9.17) is 27.9 Å². The summed E-state index contributed by atoms with van der Waals surface area (Å²) in [5.41, 5.74) is 1.49. The summed E-state index contributed by atoms with van der Waals surface area (Å²) in [6, 6.07) is 11.8. The maximum absolute atomic E-state index is 13.7. The molecule has 108 valence electrons. The van der Waals surface area contributed by atoms with Crippen molar-refractivity contribution in [2.75, 3.05) is 5.88 Å². The Morgan fingerprint density at radius 1 is 1.14 bits per heavy atom. The van der Waals surface area contributed by atoms with Gasteiger partial charge in [0.25, 0.3) is 0 Å². The monoisotopic (exact) mass is 322 g/mol. The van der Waals surface area contributed by atoms with E-state index >= 15 is 0 Å². The van der Waals surface area contributed by atoms with E-state index in [0.29, 0.717) is 22.9 Å². The van der Waals surface area contributed by atoms with Crippen LogP contribution in [0.5, 0.6) is 5.75 Å². The largest absolute Gasteiger partial charge is 0.486 e. The maximum atomic E-state index is 13.7. The van der Waals surface area contributed by atoms with Crippen LogP contribution in [-0.4, -0.2) is 5.88 Å². The normalized spacial score (nSPS) is 9.86. The molecule has 0 bridgehead atoms. The molecule has 0 aromatic heterocycles. The first-order chi connectivity index (χ1) is 10.2. The van der Waals surface area contributed by atoms with Crippen LogP contribution in [0, 0.1) is 17.7 Å². The highest BCUT2D eigenvalue weighted by atomic mass is 35.5. The molecule has 0 aliphatic carbocycles. The molecule has 4 heteroatoms. The van der Waals surface area contributed by atoms with Gasteiger partial charge in [-0.2, -0.15) is 0 Å². The first kappa shape index (κ1) is 15.7. The van der Waals surface area contributed by atoms with Crippen molar-refractivity contribution in [3.8, 4) is 17.6 Å². The van der Waals surface area contributed by atoms with E-state index in [-0.39, 0.29) is 12.4 Å². The third-order valence-electron chi connectivity index (χ3n) is 2.72. The van der Waals surface area contributed by atoms with Crippen LogP contribution >= 0.6 is 23.2 Å². The van der Waals surface area contributed by atoms with Gasteiger partial charge >= 0.3 is 0 Å². The lowest BCUT2D eigenvalue weighted by Crippen LogP contribution is -1.98. The molecule has 0 spiro atoms. The van der Waals surface area contributed by atoms with E-state index in [1.165, 1.54) is 6.07 Å². The number of benzene rings is 2. The average molecular weight is 323 g/mol. The number of hydrogen-bond acceptors (Lipinski definition) is 1. The number of alkyl halides is 1. The zero-order valence-corrected chi connectivity index (χ0v) is 12.7. The first-order valence-corrected chi connectivity index (χ1v) is 7.32. The maximum Gasteiger partial charge on any atom is 0.165 e. The van der Waals surface area contributed by atoms with Crippen molar-refractivity contribution in [1.82, 2.24) is 0 Å². The Hall–Kier alpha value is -1.69. The lowest BCUT2D eigenvalue weighted by atomic mass is 10.2. The van der Waals surface area contributed by atoms with E-state index in [2.05, 4.69) is 11.8 Å². The van der Waals surface area contributed by atoms with E-state index in [1.54, 1.807) is 18.2 Å². The molecule has 0 unspecified atom stereocenters. The molecule has 21 heavy (non-hydrogen) atoms. The van der Waals surface area contributed by atoms with Crippen molar-refractivity contribution in [1.29, 1.82) is 0 Å². The molecule has 2 aromatic rings. The van der Waals surface area contributed by atoms with Crippen LogP contribution in [0.3, 0.4) is 0 Å². The van der Waals surface area contributed by atoms with Gasteiger partial charge in [0.2, 0.25) is 0 Å². The van der Waals surface area contributed by atoms with Gasteiger partial charge < -0.3 is 4.74 Å². The molecule has 0 heterocycles. The topological polar surface area (TPSA) is 9.23 Å². The molecule has 0 atom stereocenters. The number of halogens is 3. The minimum absolute atomic E-state index is 0.160. The lowest BCUT2D eigenvalue weighted by molar-refractivity contribution is 0.290. The highest BCUT2D eigenvalue weighted by molar-refractivity contribution is 6.31. The van der Waals surface area contributed by atoms with E-state index in [1.807, 2.05) is 18.2 Å². The Bertz CT molecular complexity index is 674. The fourth-order valence-corrected chi connectivity index (χ4v) is 1.96. The molecule has 2 rings (SSSR count). The summed E-state index contributed by atoms with van der Waals surface area (Å²) in [5, 5.41) is 0.593. The Labute approximate surface area is 133 Å². The van der Waals surface area contributed by atoms with Crippen molar-refractivity contribution in [2.24, 2.45) is 0 Å². The molecule has 2 aromatic carbocycles. The third-order valence-corrected chi connectivity index (χ3v) is 3.28. The molecule has 0 amide bonds. The molecule has 0 aliphatic rings. The van der Waals surface area contributed by atoms with Crippen LogP contribution in [0.2, 0.25) is 5.02 Å². The van der Waals surface area contributed by atoms with Gasteiger partial charge in [0.1, 0.15) is 6.61 Å². The van der Waals surface area contributed by atoms with Gasteiger partial charge in [-0.3, -0.25) is 0 Å². The van der Waals surface area contributed by atoms with Gasteiger partial charge in [0.15, 0.2) is 11.6 Å². The van der Waals surface area contributed by atoms with Gasteiger partial charge in [0.05, 0.1) is 0 Å². The molecule has 0 saturated carbocycles. The van der Waals surface area contributed by atoms with Crippen molar-refractivity contribution < 1.29 is 9.13 Å². The molecule has 1 nitrogen and oxygen atoms in total. The molecule has 0 saturated heterocycles. The van der Waals surface area contributed by atoms with Crippen LogP contribution in [0.1, 0.15) is 17.5 Å². The summed E-state index contributed by atoms with van der Waals surface area (Å²) < 4.78 is 19.2. The molecule has 0 N–H and O–H groups in total. The van der Waals surface area contributed by atoms with Crippen LogP contribution in [0.4, 0.5) is 4.39 Å². The van der Waals surface area contributed by atoms with Crippen molar-refractivity contribution in [3.05, 3.63) is 64.4 Å². The minimum Gasteiger partial charge on any atom is -0.486 e. The number of ether oxygens (including phenoxy) is 1. The summed E-state index contributed by atoms with van der Waals surface area (Å²) in [7, 11) is 0. The average Bonchev–Trinajstić information content (AvgIpc) is 2.49. The Morgan fingerprint density at radius 2 is 1.95 bits per heavy atom. The van der Waals surface area contributed by atoms with Crippen molar-refractivity contribution in [2.45, 2.75) is 13.0 Å². The second-order valence-electron chi connectivity index (χ2n) is 4.27. The smallest absolute Gasteiger partial charge is 0.165 e. The number of rotatable bonds is 4. The van der Waals surface area contributed by atoms with Crippen molar-refractivity contribution in [3.63, 3.8) is 0 Å². The zero-order valence-electron chi connectivity index (χ0n) is 11.2. The van der Waals surface area contributed by atoms with Crippen LogP contribution in [-0.2, 0) is 6.61 Å². The summed E-state index contributed by atoms with van der Waals surface area (Å²) >= 11 is 11.6. The minimum atomic E-state index is -0.426. The quantitative estimate of drug-likeness (QED) is 0.566. The van der Waals surface area contributed by atoms with Crippen LogP contribution < -0.4 is 4.74 Å². The first-order valence-electron chi connectivity index (χ1n) is 6.41. The molecular weight excluding hydrogens is 310 g/mol. The molecule has 0 radical (unpaired) electrons. The van der Waals surface area contributed by atoms with Crippen LogP contribution in [0.15, 0.2) is 42.5 Å². The third kappa shape index (κ3) is 4.67. The van der Waals surface area contributed by atoms with Gasteiger partial charge in [-0.25, -0.2) is 4.39 Å². The zero-order chi connectivity index (χ0) is 15.1. The summed E-state index contributed by atoms with van der Waals surface area (Å²) in [6.07, 6.45) is 0.592. The Balaban J connectivity index is 2.11. The van der Waals surface area contributed by atoms with E-state index in [9.17, 15) is 4.39 Å². The van der Waals surface area contributed by atoms with Gasteiger partial charge in [-0.05, 0) is 24.3 Å². The van der Waals surface area contributed by atoms with Crippen LogP contribution in [0.25, 0.3) is 0 Å². The highest BCUT2D eigenvalue weighted by Crippen LogP contribution is 2.22. The SMILES string of the molecule is Fc1ccc(C#CCCCl)cc1OCc1ccccc1Cl. The molecule has 0 aliphatic heterocycles. The highest BCUT2D eigenvalue weighted by Gasteiger charge is 2.06. The van der Waals surface area contributed by atoms with Gasteiger partial charge in [-0.1, -0.05) is 41.6 Å². The molecular formula is C17H13Cl2FO. The van der Waals surface area contributed by atoms with Gasteiger partial charge in [0, 0.05) is 28.5 Å². The fourth-order valence-electron chi connectivity index (χ4n) is 1.67. The summed E-state index contributed by atoms with van der Waals surface area (Å²) in [5.74, 6) is 6.03. The van der Waals surface area contributed by atoms with Gasteiger partial charge in [-0.15, -0.1) is 11.6 Å².